The normalized spacial score (nSPS) is 10.3. The number of primary amides is 1. The molecule has 0 saturated carbocycles. The van der Waals surface area contributed by atoms with E-state index < -0.39 is 6.03 Å². The number of hydrogen-bond donors (Lipinski definition) is 2. The number of urea groups is 1. The predicted octanol–water partition coefficient (Wildman–Crippen LogP) is 1.49. The second kappa shape index (κ2) is 7.16. The van der Waals surface area contributed by atoms with Gasteiger partial charge >= 0.3 is 6.03 Å². The van der Waals surface area contributed by atoms with Gasteiger partial charge in [-0.05, 0) is 26.0 Å². The number of nitrogens with zero attached hydrogens (tertiary/aromatic N) is 1. The third kappa shape index (κ3) is 4.32. The first-order chi connectivity index (χ1) is 8.67. The van der Waals surface area contributed by atoms with Gasteiger partial charge in [-0.1, -0.05) is 0 Å². The van der Waals surface area contributed by atoms with Gasteiger partial charge in [-0.25, -0.2) is 10.2 Å². The van der Waals surface area contributed by atoms with E-state index in [1.165, 1.54) is 6.21 Å². The van der Waals surface area contributed by atoms with E-state index in [9.17, 15) is 4.79 Å². The summed E-state index contributed by atoms with van der Waals surface area (Å²) in [6.07, 6.45) is 1.46. The molecule has 6 heteroatoms. The highest BCUT2D eigenvalue weighted by Crippen LogP contribution is 2.23. The summed E-state index contributed by atoms with van der Waals surface area (Å²) in [6, 6.07) is 4.66. The minimum Gasteiger partial charge on any atom is -0.494 e. The highest BCUT2D eigenvalue weighted by molar-refractivity contribution is 5.85. The average Bonchev–Trinajstić information content (AvgIpc) is 2.32. The highest BCUT2D eigenvalue weighted by Gasteiger charge is 2.04. The van der Waals surface area contributed by atoms with Gasteiger partial charge < -0.3 is 15.2 Å². The molecule has 0 heterocycles. The molecule has 0 saturated heterocycles. The molecular formula is C12H17N3O3. The van der Waals surface area contributed by atoms with Crippen LogP contribution in [0.3, 0.4) is 0 Å². The Labute approximate surface area is 106 Å². The largest absolute Gasteiger partial charge is 0.494 e. The second-order valence-corrected chi connectivity index (χ2v) is 3.30. The lowest BCUT2D eigenvalue weighted by Gasteiger charge is -2.09. The first-order valence-electron chi connectivity index (χ1n) is 5.65. The Morgan fingerprint density at radius 2 is 2.11 bits per heavy atom. The molecule has 0 aromatic heterocycles. The fourth-order valence-corrected chi connectivity index (χ4v) is 1.32. The van der Waals surface area contributed by atoms with Crippen molar-refractivity contribution in [1.29, 1.82) is 0 Å². The Bertz CT molecular complexity index is 433. The van der Waals surface area contributed by atoms with Crippen LogP contribution in [0.4, 0.5) is 4.79 Å². The molecule has 6 nitrogen and oxygen atoms in total. The Morgan fingerprint density at radius 3 is 2.72 bits per heavy atom. The van der Waals surface area contributed by atoms with Crippen LogP contribution in [0.5, 0.6) is 11.5 Å². The Balaban J connectivity index is 2.88. The van der Waals surface area contributed by atoms with Crippen molar-refractivity contribution in [2.24, 2.45) is 10.8 Å². The summed E-state index contributed by atoms with van der Waals surface area (Å²) in [4.78, 5) is 10.5. The van der Waals surface area contributed by atoms with Gasteiger partial charge in [0.1, 0.15) is 11.5 Å². The molecule has 1 aromatic rings. The molecule has 18 heavy (non-hydrogen) atoms. The van der Waals surface area contributed by atoms with Crippen molar-refractivity contribution in [2.45, 2.75) is 13.8 Å². The summed E-state index contributed by atoms with van der Waals surface area (Å²) < 4.78 is 10.8. The van der Waals surface area contributed by atoms with Crippen LogP contribution in [-0.4, -0.2) is 25.5 Å². The molecule has 0 atom stereocenters. The fraction of sp³-hybridized carbons (Fsp3) is 0.333. The molecule has 98 valence electrons. The van der Waals surface area contributed by atoms with Gasteiger partial charge in [-0.2, -0.15) is 5.10 Å². The average molecular weight is 251 g/mol. The van der Waals surface area contributed by atoms with Gasteiger partial charge in [0.2, 0.25) is 0 Å². The minimum absolute atomic E-state index is 0.527. The Hall–Kier alpha value is -2.24. The molecule has 1 rings (SSSR count). The number of hydrazone groups is 1. The van der Waals surface area contributed by atoms with Crippen LogP contribution in [0.1, 0.15) is 19.4 Å². The van der Waals surface area contributed by atoms with Gasteiger partial charge in [0.25, 0.3) is 0 Å². The van der Waals surface area contributed by atoms with Gasteiger partial charge in [0.05, 0.1) is 19.4 Å². The zero-order chi connectivity index (χ0) is 13.4. The molecular weight excluding hydrogens is 234 g/mol. The van der Waals surface area contributed by atoms with E-state index in [4.69, 9.17) is 15.2 Å². The van der Waals surface area contributed by atoms with Crippen LogP contribution in [0.25, 0.3) is 0 Å². The maximum Gasteiger partial charge on any atom is 0.332 e. The summed E-state index contributed by atoms with van der Waals surface area (Å²) in [5.74, 6) is 1.36. The lowest BCUT2D eigenvalue weighted by Crippen LogP contribution is -2.24. The van der Waals surface area contributed by atoms with Crippen molar-refractivity contribution >= 4 is 12.2 Å². The number of carbonyl (C=O) groups excluding carboxylic acids is 1. The van der Waals surface area contributed by atoms with E-state index in [0.717, 1.165) is 11.3 Å². The van der Waals surface area contributed by atoms with Crippen LogP contribution in [0.2, 0.25) is 0 Å². The van der Waals surface area contributed by atoms with Crippen molar-refractivity contribution in [3.05, 3.63) is 23.8 Å². The van der Waals surface area contributed by atoms with Crippen molar-refractivity contribution in [1.82, 2.24) is 5.43 Å². The molecule has 0 bridgehead atoms. The SMILES string of the molecule is CCOc1ccc(C=NNC(N)=O)c(OCC)c1. The van der Waals surface area contributed by atoms with Crippen molar-refractivity contribution < 1.29 is 14.3 Å². The third-order valence-electron chi connectivity index (χ3n) is 1.97. The zero-order valence-electron chi connectivity index (χ0n) is 10.5. The summed E-state index contributed by atoms with van der Waals surface area (Å²) in [7, 11) is 0. The number of amides is 2. The predicted molar refractivity (Wildman–Crippen MR) is 69.1 cm³/mol. The van der Waals surface area contributed by atoms with Crippen LogP contribution >= 0.6 is 0 Å². The van der Waals surface area contributed by atoms with Crippen molar-refractivity contribution in [2.75, 3.05) is 13.2 Å². The number of nitrogens with one attached hydrogen (secondary N) is 1. The van der Waals surface area contributed by atoms with Gasteiger partial charge in [0.15, 0.2) is 0 Å². The minimum atomic E-state index is -0.713. The zero-order valence-corrected chi connectivity index (χ0v) is 10.5. The first kappa shape index (κ1) is 13.8. The number of ether oxygens (including phenoxy) is 2. The standard InChI is InChI=1S/C12H17N3O3/c1-3-17-10-6-5-9(8-14-15-12(13)16)11(7-10)18-4-2/h5-8H,3-4H2,1-2H3,(H3,13,15,16). The first-order valence-corrected chi connectivity index (χ1v) is 5.65. The second-order valence-electron chi connectivity index (χ2n) is 3.30. The monoisotopic (exact) mass is 251 g/mol. The molecule has 3 N–H and O–H groups in total. The quantitative estimate of drug-likeness (QED) is 0.593. The third-order valence-corrected chi connectivity index (χ3v) is 1.97. The number of benzene rings is 1. The molecule has 0 radical (unpaired) electrons. The highest BCUT2D eigenvalue weighted by atomic mass is 16.5. The van der Waals surface area contributed by atoms with Crippen LogP contribution in [0, 0.1) is 0 Å². The molecule has 0 unspecified atom stereocenters. The molecule has 0 aliphatic heterocycles. The number of rotatable bonds is 6. The lowest BCUT2D eigenvalue weighted by atomic mass is 10.2. The molecule has 0 aliphatic carbocycles. The summed E-state index contributed by atoms with van der Waals surface area (Å²) in [6.45, 7) is 4.91. The molecule has 0 fully saturated rings. The Kier molecular flexibility index (Phi) is 5.50. The smallest absolute Gasteiger partial charge is 0.332 e. The summed E-state index contributed by atoms with van der Waals surface area (Å²) in [5, 5.41) is 3.69. The molecule has 0 spiro atoms. The van der Waals surface area contributed by atoms with E-state index in [0.29, 0.717) is 19.0 Å². The van der Waals surface area contributed by atoms with Gasteiger partial charge in [-0.3, -0.25) is 0 Å². The van der Waals surface area contributed by atoms with E-state index in [1.54, 1.807) is 18.2 Å². The molecule has 1 aromatic carbocycles. The molecule has 0 aliphatic rings. The van der Waals surface area contributed by atoms with Crippen molar-refractivity contribution in [3.63, 3.8) is 0 Å². The number of hydrogen-bond acceptors (Lipinski definition) is 4. The van der Waals surface area contributed by atoms with E-state index in [2.05, 4.69) is 10.5 Å². The maximum absolute atomic E-state index is 10.5. The Morgan fingerprint density at radius 1 is 1.39 bits per heavy atom. The van der Waals surface area contributed by atoms with Gasteiger partial charge in [-0.15, -0.1) is 0 Å². The van der Waals surface area contributed by atoms with E-state index in [-0.39, 0.29) is 0 Å². The van der Waals surface area contributed by atoms with Crippen LogP contribution in [-0.2, 0) is 0 Å². The van der Waals surface area contributed by atoms with Gasteiger partial charge in [0, 0.05) is 11.6 Å². The van der Waals surface area contributed by atoms with Crippen molar-refractivity contribution in [3.8, 4) is 11.5 Å². The summed E-state index contributed by atoms with van der Waals surface area (Å²) >= 11 is 0. The maximum atomic E-state index is 10.5. The van der Waals surface area contributed by atoms with E-state index >= 15 is 0 Å². The molecule has 2 amide bonds. The number of carbonyl (C=O) groups is 1. The lowest BCUT2D eigenvalue weighted by molar-refractivity contribution is 0.249. The number of nitrogens with two attached hydrogens (primary N) is 1. The topological polar surface area (TPSA) is 85.9 Å². The van der Waals surface area contributed by atoms with Crippen LogP contribution < -0.4 is 20.6 Å². The van der Waals surface area contributed by atoms with Crippen LogP contribution in [0.15, 0.2) is 23.3 Å². The fourth-order valence-electron chi connectivity index (χ4n) is 1.32. The van der Waals surface area contributed by atoms with E-state index in [1.807, 2.05) is 13.8 Å². The summed E-state index contributed by atoms with van der Waals surface area (Å²) in [5.41, 5.74) is 7.76.